The Kier molecular flexibility index (Phi) is 4.17. The highest BCUT2D eigenvalue weighted by atomic mass is 16.1. The molecule has 0 saturated carbocycles. The summed E-state index contributed by atoms with van der Waals surface area (Å²) < 4.78 is 0. The second-order valence-electron chi connectivity index (χ2n) is 4.90. The Morgan fingerprint density at radius 2 is 1.90 bits per heavy atom. The fourth-order valence-corrected chi connectivity index (χ4v) is 2.05. The first-order chi connectivity index (χ1) is 9.60. The summed E-state index contributed by atoms with van der Waals surface area (Å²) in [4.78, 5) is 13.8. The molecule has 20 heavy (non-hydrogen) atoms. The van der Waals surface area contributed by atoms with Crippen molar-refractivity contribution in [3.8, 4) is 6.07 Å². The van der Waals surface area contributed by atoms with Crippen molar-refractivity contribution < 1.29 is 4.79 Å². The van der Waals surface area contributed by atoms with Gasteiger partial charge >= 0.3 is 0 Å². The summed E-state index contributed by atoms with van der Waals surface area (Å²) in [5.74, 6) is -0.156. The lowest BCUT2D eigenvalue weighted by Crippen LogP contribution is -2.10. The number of Topliss-reactive ketones (excluding diaryl/α,β-unsaturated/α-hetero) is 1. The van der Waals surface area contributed by atoms with Crippen molar-refractivity contribution in [1.29, 1.82) is 5.26 Å². The molecule has 2 aromatic rings. The minimum absolute atomic E-state index is 0.156. The molecule has 0 heterocycles. The number of rotatable bonds is 4. The van der Waals surface area contributed by atoms with Crippen LogP contribution in [0.1, 0.15) is 5.56 Å². The monoisotopic (exact) mass is 264 g/mol. The first-order valence-electron chi connectivity index (χ1n) is 6.39. The summed E-state index contributed by atoms with van der Waals surface area (Å²) in [6, 6.07) is 15.9. The van der Waals surface area contributed by atoms with Gasteiger partial charge in [-0.15, -0.1) is 0 Å². The highest BCUT2D eigenvalue weighted by Crippen LogP contribution is 2.16. The van der Waals surface area contributed by atoms with E-state index in [9.17, 15) is 4.79 Å². The van der Waals surface area contributed by atoms with Crippen LogP contribution >= 0.6 is 0 Å². The number of carbonyl (C=O) groups is 1. The van der Waals surface area contributed by atoms with E-state index in [0.717, 1.165) is 16.3 Å². The predicted octanol–water partition coefficient (Wildman–Crippen LogP) is 2.92. The van der Waals surface area contributed by atoms with Crippen LogP contribution in [0.15, 0.2) is 54.2 Å². The van der Waals surface area contributed by atoms with Crippen LogP contribution in [0.25, 0.3) is 10.8 Å². The summed E-state index contributed by atoms with van der Waals surface area (Å²) in [6.45, 7) is 0. The van der Waals surface area contributed by atoms with E-state index in [0.29, 0.717) is 0 Å². The number of benzene rings is 2. The van der Waals surface area contributed by atoms with Crippen molar-refractivity contribution in [3.63, 3.8) is 0 Å². The molecule has 0 atom stereocenters. The maximum absolute atomic E-state index is 12.1. The van der Waals surface area contributed by atoms with E-state index in [1.54, 1.807) is 25.2 Å². The molecule has 100 valence electrons. The van der Waals surface area contributed by atoms with Gasteiger partial charge in [-0.1, -0.05) is 42.5 Å². The van der Waals surface area contributed by atoms with Crippen LogP contribution in [0.2, 0.25) is 0 Å². The average Bonchev–Trinajstić information content (AvgIpc) is 2.44. The van der Waals surface area contributed by atoms with E-state index in [4.69, 9.17) is 5.26 Å². The lowest BCUT2D eigenvalue weighted by molar-refractivity contribution is -0.114. The molecular formula is C17H16N2O. The predicted molar refractivity (Wildman–Crippen MR) is 80.0 cm³/mol. The third kappa shape index (κ3) is 3.24. The number of ketones is 1. The topological polar surface area (TPSA) is 44.1 Å². The van der Waals surface area contributed by atoms with Gasteiger partial charge in [-0.3, -0.25) is 4.79 Å². The fraction of sp³-hybridized carbons (Fsp3) is 0.176. The average molecular weight is 264 g/mol. The third-order valence-corrected chi connectivity index (χ3v) is 2.99. The van der Waals surface area contributed by atoms with Gasteiger partial charge in [0.2, 0.25) is 0 Å². The molecule has 0 aromatic heterocycles. The molecule has 0 aliphatic carbocycles. The largest absolute Gasteiger partial charge is 0.382 e. The highest BCUT2D eigenvalue weighted by molar-refractivity contribution is 6.00. The van der Waals surface area contributed by atoms with E-state index in [1.165, 1.54) is 0 Å². The van der Waals surface area contributed by atoms with Crippen LogP contribution in [0.5, 0.6) is 0 Å². The molecule has 0 fully saturated rings. The number of hydrogen-bond acceptors (Lipinski definition) is 3. The molecule has 3 heteroatoms. The van der Waals surface area contributed by atoms with Crippen LogP contribution in [-0.4, -0.2) is 24.8 Å². The van der Waals surface area contributed by atoms with Crippen LogP contribution < -0.4 is 0 Å². The molecule has 0 unspecified atom stereocenters. The van der Waals surface area contributed by atoms with Crippen LogP contribution in [-0.2, 0) is 11.2 Å². The lowest BCUT2D eigenvalue weighted by atomic mass is 10.0. The van der Waals surface area contributed by atoms with E-state index < -0.39 is 0 Å². The van der Waals surface area contributed by atoms with Crippen molar-refractivity contribution in [2.45, 2.75) is 6.42 Å². The second kappa shape index (κ2) is 6.03. The quantitative estimate of drug-likeness (QED) is 0.630. The van der Waals surface area contributed by atoms with Gasteiger partial charge < -0.3 is 4.90 Å². The maximum Gasteiger partial charge on any atom is 0.179 e. The zero-order valence-corrected chi connectivity index (χ0v) is 11.6. The molecule has 2 aromatic carbocycles. The van der Waals surface area contributed by atoms with Gasteiger partial charge in [-0.25, -0.2) is 0 Å². The molecule has 0 spiro atoms. The zero-order valence-electron chi connectivity index (χ0n) is 11.6. The van der Waals surface area contributed by atoms with Crippen LogP contribution in [0, 0.1) is 11.3 Å². The van der Waals surface area contributed by atoms with E-state index in [-0.39, 0.29) is 17.8 Å². The molecule has 3 nitrogen and oxygen atoms in total. The first kappa shape index (κ1) is 13.8. The van der Waals surface area contributed by atoms with Crippen molar-refractivity contribution in [2.75, 3.05) is 14.1 Å². The number of hydrogen-bond donors (Lipinski definition) is 0. The van der Waals surface area contributed by atoms with Gasteiger partial charge in [0, 0.05) is 26.7 Å². The van der Waals surface area contributed by atoms with Gasteiger partial charge in [0.1, 0.15) is 11.6 Å². The van der Waals surface area contributed by atoms with Gasteiger partial charge in [0.25, 0.3) is 0 Å². The van der Waals surface area contributed by atoms with Crippen molar-refractivity contribution in [2.24, 2.45) is 0 Å². The van der Waals surface area contributed by atoms with Crippen molar-refractivity contribution >= 4 is 16.6 Å². The molecule has 0 aliphatic heterocycles. The molecule has 0 aliphatic rings. The number of fused-ring (bicyclic) bond motifs is 1. The normalized spacial score (nSPS) is 11.2. The lowest BCUT2D eigenvalue weighted by Gasteiger charge is -2.06. The third-order valence-electron chi connectivity index (χ3n) is 2.99. The zero-order chi connectivity index (χ0) is 14.5. The maximum atomic E-state index is 12.1. The molecule has 0 N–H and O–H groups in total. The minimum Gasteiger partial charge on any atom is -0.382 e. The molecule has 0 radical (unpaired) electrons. The van der Waals surface area contributed by atoms with E-state index in [1.807, 2.05) is 48.5 Å². The number of allylic oxidation sites excluding steroid dienone is 1. The Labute approximate surface area is 118 Å². The SMILES string of the molecule is CN(C)/C=C(\C#N)C(=O)Cc1ccc2ccccc2c1. The highest BCUT2D eigenvalue weighted by Gasteiger charge is 2.10. The fourth-order valence-electron chi connectivity index (χ4n) is 2.05. The number of nitrogens with zero attached hydrogens (tertiary/aromatic N) is 2. The molecule has 2 rings (SSSR count). The summed E-state index contributed by atoms with van der Waals surface area (Å²) >= 11 is 0. The molecular weight excluding hydrogens is 248 g/mol. The summed E-state index contributed by atoms with van der Waals surface area (Å²) in [7, 11) is 3.58. The van der Waals surface area contributed by atoms with Crippen LogP contribution in [0.3, 0.4) is 0 Å². The molecule has 0 bridgehead atoms. The van der Waals surface area contributed by atoms with Gasteiger partial charge in [-0.05, 0) is 16.3 Å². The smallest absolute Gasteiger partial charge is 0.179 e. The summed E-state index contributed by atoms with van der Waals surface area (Å²) in [5, 5.41) is 11.3. The van der Waals surface area contributed by atoms with Crippen molar-refractivity contribution in [1.82, 2.24) is 4.90 Å². The Hall–Kier alpha value is -2.60. The van der Waals surface area contributed by atoms with Crippen LogP contribution in [0.4, 0.5) is 0 Å². The number of nitriles is 1. The van der Waals surface area contributed by atoms with E-state index >= 15 is 0 Å². The molecule has 0 saturated heterocycles. The Bertz CT molecular complexity index is 708. The standard InChI is InChI=1S/C17H16N2O/c1-19(2)12-16(11-18)17(20)10-13-7-8-14-5-3-4-6-15(14)9-13/h3-9,12H,10H2,1-2H3/b16-12+. The molecule has 0 amide bonds. The Balaban J connectivity index is 2.24. The summed E-state index contributed by atoms with van der Waals surface area (Å²) in [6.07, 6.45) is 1.81. The van der Waals surface area contributed by atoms with Crippen molar-refractivity contribution in [3.05, 3.63) is 59.8 Å². The van der Waals surface area contributed by atoms with Gasteiger partial charge in [-0.2, -0.15) is 5.26 Å². The first-order valence-corrected chi connectivity index (χ1v) is 6.39. The summed E-state index contributed by atoms with van der Waals surface area (Å²) in [5.41, 5.74) is 1.11. The second-order valence-corrected chi connectivity index (χ2v) is 4.90. The Morgan fingerprint density at radius 1 is 1.20 bits per heavy atom. The Morgan fingerprint density at radius 3 is 2.55 bits per heavy atom. The van der Waals surface area contributed by atoms with Gasteiger partial charge in [0.15, 0.2) is 5.78 Å². The van der Waals surface area contributed by atoms with E-state index in [2.05, 4.69) is 0 Å². The number of carbonyl (C=O) groups excluding carboxylic acids is 1. The van der Waals surface area contributed by atoms with Gasteiger partial charge in [0.05, 0.1) is 0 Å². The minimum atomic E-state index is -0.156.